The smallest absolute Gasteiger partial charge is 0.415 e. The van der Waals surface area contributed by atoms with Gasteiger partial charge < -0.3 is 8.60 Å². The molecule has 1 aliphatic heterocycles. The number of carbonyl (C=O) groups is 1. The third-order valence-electron chi connectivity index (χ3n) is 0.498. The molecule has 1 rings (SSSR count). The van der Waals surface area contributed by atoms with Gasteiger partial charge in [0.05, 0.1) is 0 Å². The first-order valence-electron chi connectivity index (χ1n) is 1.41. The van der Waals surface area contributed by atoms with Gasteiger partial charge in [0.1, 0.15) is 0 Å². The van der Waals surface area contributed by atoms with Crippen LogP contribution in [0.2, 0.25) is 0 Å². The molecule has 0 spiro atoms. The minimum Gasteiger partial charge on any atom is -0.415 e. The van der Waals surface area contributed by atoms with E-state index in [0.29, 0.717) is 0 Å². The number of urea groups is 1. The molecule has 0 aromatic rings. The van der Waals surface area contributed by atoms with Crippen LogP contribution in [0.4, 0.5) is 4.79 Å². The Morgan fingerprint density at radius 2 is 1.71 bits per heavy atom. The molecule has 1 fully saturated rings. The van der Waals surface area contributed by atoms with E-state index >= 15 is 0 Å². The Morgan fingerprint density at radius 1 is 1.43 bits per heavy atom. The molecule has 0 unspecified atom stereocenters. The normalized spacial score (nSPS) is 12.3. The van der Waals surface area contributed by atoms with E-state index in [4.69, 9.17) is 0 Å². The molecule has 0 atom stereocenters. The van der Waals surface area contributed by atoms with Gasteiger partial charge in [-0.1, -0.05) is 0 Å². The summed E-state index contributed by atoms with van der Waals surface area (Å²) >= 11 is -0.292. The van der Waals surface area contributed by atoms with Crippen molar-refractivity contribution >= 4 is 21.7 Å². The monoisotopic (exact) mass is 203 g/mol. The summed E-state index contributed by atoms with van der Waals surface area (Å²) in [6, 6.07) is -0.00309. The van der Waals surface area contributed by atoms with Crippen molar-refractivity contribution in [3.05, 3.63) is 0 Å². The van der Waals surface area contributed by atoms with Gasteiger partial charge in [0.2, 0.25) is 0 Å². The maximum absolute atomic E-state index is 9.71. The minimum atomic E-state index is -0.292. The van der Waals surface area contributed by atoms with E-state index in [2.05, 4.69) is 8.60 Å². The first-order valence-corrected chi connectivity index (χ1v) is 2.83. The molecular weight excluding hydrogens is 201 g/mol. The average Bonchev–Trinajstić information content (AvgIpc) is 1.30. The summed E-state index contributed by atoms with van der Waals surface area (Å²) in [6.07, 6.45) is 0. The molecule has 1 aliphatic rings. The van der Waals surface area contributed by atoms with Gasteiger partial charge in [-0.3, -0.25) is 4.79 Å². The Balaban J connectivity index is 0. The second-order valence-corrected chi connectivity index (χ2v) is 1.92. The summed E-state index contributed by atoms with van der Waals surface area (Å²) in [5.41, 5.74) is 0. The van der Waals surface area contributed by atoms with E-state index in [-0.39, 0.29) is 55.0 Å². The first kappa shape index (κ1) is 10.7. The average molecular weight is 204 g/mol. The molecule has 3 nitrogen and oxygen atoms in total. The minimum absolute atomic E-state index is 0. The van der Waals surface area contributed by atoms with E-state index in [1.54, 1.807) is 0 Å². The Bertz CT molecular complexity index is 64.7. The number of hydrogen-bond acceptors (Lipinski definition) is 1. The second-order valence-electron chi connectivity index (χ2n) is 0.859. The van der Waals surface area contributed by atoms with Gasteiger partial charge in [-0.2, -0.15) is 0 Å². The predicted molar refractivity (Wildman–Crippen MR) is 18.8 cm³/mol. The SMILES string of the molecule is O=C1[NH][AlH][NH]1.[Co].[Ni]. The van der Waals surface area contributed by atoms with Crippen LogP contribution in [0.5, 0.6) is 0 Å². The fourth-order valence-corrected chi connectivity index (χ4v) is 0.482. The third-order valence-corrected chi connectivity index (χ3v) is 1.49. The summed E-state index contributed by atoms with van der Waals surface area (Å²) in [4.78, 5) is 9.71. The van der Waals surface area contributed by atoms with E-state index in [1.807, 2.05) is 0 Å². The van der Waals surface area contributed by atoms with Crippen molar-refractivity contribution < 1.29 is 38.1 Å². The zero-order chi connectivity index (χ0) is 3.70. The molecule has 1 radical (unpaired) electrons. The summed E-state index contributed by atoms with van der Waals surface area (Å²) in [5, 5.41) is 0. The van der Waals surface area contributed by atoms with Crippen LogP contribution in [0.15, 0.2) is 0 Å². The quantitative estimate of drug-likeness (QED) is 0.466. The van der Waals surface area contributed by atoms with Crippen molar-refractivity contribution in [3.8, 4) is 0 Å². The zero-order valence-corrected chi connectivity index (χ0v) is 6.71. The van der Waals surface area contributed by atoms with Gasteiger partial charge in [0.25, 0.3) is 6.03 Å². The summed E-state index contributed by atoms with van der Waals surface area (Å²) < 4.78 is 5.19. The number of rotatable bonds is 0. The van der Waals surface area contributed by atoms with Gasteiger partial charge >= 0.3 is 15.7 Å². The number of carbonyl (C=O) groups excluding carboxylic acids is 1. The standard InChI is InChI=1S/CH3N2O.Al.Co.Ni.H/c2-1(3)4;;;;/h(H3-,2,3,4);;;;/q-1;+2;;;/p-1. The maximum atomic E-state index is 9.71. The van der Waals surface area contributed by atoms with Gasteiger partial charge in [0, 0.05) is 33.3 Å². The molecule has 6 heteroatoms. The maximum Gasteiger partial charge on any atom is 0.550 e. The van der Waals surface area contributed by atoms with Crippen LogP contribution < -0.4 is 8.60 Å². The van der Waals surface area contributed by atoms with Crippen LogP contribution in [-0.4, -0.2) is 21.7 Å². The summed E-state index contributed by atoms with van der Waals surface area (Å²) in [6.45, 7) is 0. The van der Waals surface area contributed by atoms with Crippen LogP contribution in [-0.2, 0) is 33.3 Å². The van der Waals surface area contributed by atoms with E-state index in [1.165, 1.54) is 0 Å². The molecule has 1 heterocycles. The Kier molecular flexibility index (Phi) is 7.58. The van der Waals surface area contributed by atoms with Crippen LogP contribution >= 0.6 is 0 Å². The largest absolute Gasteiger partial charge is 0.550 e. The molecule has 1 saturated heterocycles. The first-order chi connectivity index (χ1) is 2.39. The van der Waals surface area contributed by atoms with Crippen molar-refractivity contribution in [1.82, 2.24) is 8.60 Å². The topological polar surface area (TPSA) is 41.1 Å². The van der Waals surface area contributed by atoms with Gasteiger partial charge in [-0.15, -0.1) is 0 Å². The van der Waals surface area contributed by atoms with Crippen molar-refractivity contribution in [1.29, 1.82) is 0 Å². The van der Waals surface area contributed by atoms with Gasteiger partial charge in [0.15, 0.2) is 0 Å². The van der Waals surface area contributed by atoms with E-state index < -0.39 is 0 Å². The van der Waals surface area contributed by atoms with Crippen LogP contribution in [0.25, 0.3) is 0 Å². The predicted octanol–water partition coefficient (Wildman–Crippen LogP) is -1.44. The van der Waals surface area contributed by atoms with Crippen LogP contribution in [0.3, 0.4) is 0 Å². The third kappa shape index (κ3) is 3.39. The number of nitrogens with one attached hydrogen (secondary N) is 2. The molecule has 7 heavy (non-hydrogen) atoms. The molecule has 0 aliphatic carbocycles. The van der Waals surface area contributed by atoms with Crippen molar-refractivity contribution in [2.45, 2.75) is 0 Å². The molecule has 45 valence electrons. The zero-order valence-electron chi connectivity index (χ0n) is 3.26. The summed E-state index contributed by atoms with van der Waals surface area (Å²) in [5.74, 6) is 0. The fraction of sp³-hybridized carbons (Fsp3) is 0. The van der Waals surface area contributed by atoms with Crippen molar-refractivity contribution in [2.24, 2.45) is 0 Å². The molecule has 2 N–H and O–H groups in total. The van der Waals surface area contributed by atoms with Crippen LogP contribution in [0, 0.1) is 0 Å². The molecule has 0 aromatic heterocycles. The molecule has 2 amide bonds. The molecular formula is CH3AlCoN2NiO. The Labute approximate surface area is 68.3 Å². The molecule has 0 bridgehead atoms. The van der Waals surface area contributed by atoms with Gasteiger partial charge in [-0.25, -0.2) is 0 Å². The molecule has 0 saturated carbocycles. The fourth-order valence-electron chi connectivity index (χ4n) is 0.161. The van der Waals surface area contributed by atoms with Crippen molar-refractivity contribution in [3.63, 3.8) is 0 Å². The van der Waals surface area contributed by atoms with E-state index in [0.717, 1.165) is 0 Å². The Morgan fingerprint density at radius 3 is 1.71 bits per heavy atom. The number of amides is 2. The van der Waals surface area contributed by atoms with Gasteiger partial charge in [-0.05, 0) is 0 Å². The summed E-state index contributed by atoms with van der Waals surface area (Å²) in [7, 11) is 0. The van der Waals surface area contributed by atoms with Crippen LogP contribution in [0.1, 0.15) is 0 Å². The van der Waals surface area contributed by atoms with Crippen molar-refractivity contribution in [2.75, 3.05) is 0 Å². The number of hydrogen-bond donors (Lipinski definition) is 2. The second kappa shape index (κ2) is 4.95. The Hall–Kier alpha value is 0.802. The molecule has 0 aromatic carbocycles. The van der Waals surface area contributed by atoms with E-state index in [9.17, 15) is 4.79 Å².